The Bertz CT molecular complexity index is 735. The Morgan fingerprint density at radius 1 is 1.33 bits per heavy atom. The van der Waals surface area contributed by atoms with Crippen LogP contribution < -0.4 is 10.1 Å². The fourth-order valence-corrected chi connectivity index (χ4v) is 3.71. The van der Waals surface area contributed by atoms with Crippen LogP contribution in [0.4, 0.5) is 0 Å². The summed E-state index contributed by atoms with van der Waals surface area (Å²) in [5, 5.41) is 3.09. The highest BCUT2D eigenvalue weighted by Crippen LogP contribution is 2.30. The fraction of sp³-hybridized carbons (Fsp3) is 0.444. The van der Waals surface area contributed by atoms with E-state index in [1.807, 2.05) is 24.3 Å². The summed E-state index contributed by atoms with van der Waals surface area (Å²) in [6.07, 6.45) is 3.88. The van der Waals surface area contributed by atoms with Crippen molar-refractivity contribution in [3.63, 3.8) is 0 Å². The molecule has 1 amide bonds. The standard InChI is InChI=1S/C18H21N3O3/c1-23-15-5-3-2-4-13(15)16-10-19-18(24-16)17(22)20-14-11-21-8-6-12(14)7-9-21/h2-5,10,12,14H,6-9,11H2,1H3,(H,20,22)/t14-/m0/s1. The van der Waals surface area contributed by atoms with E-state index in [1.165, 1.54) is 0 Å². The minimum atomic E-state index is -0.241. The van der Waals surface area contributed by atoms with Gasteiger partial charge in [0, 0.05) is 12.6 Å². The number of nitrogens with one attached hydrogen (secondary N) is 1. The van der Waals surface area contributed by atoms with Crippen LogP contribution in [-0.4, -0.2) is 48.6 Å². The number of hydrogen-bond acceptors (Lipinski definition) is 5. The van der Waals surface area contributed by atoms with E-state index in [4.69, 9.17) is 9.15 Å². The largest absolute Gasteiger partial charge is 0.496 e. The second-order valence-electron chi connectivity index (χ2n) is 6.45. The van der Waals surface area contributed by atoms with Gasteiger partial charge in [-0.25, -0.2) is 4.98 Å². The Balaban J connectivity index is 1.49. The zero-order chi connectivity index (χ0) is 16.5. The van der Waals surface area contributed by atoms with Gasteiger partial charge in [0.2, 0.25) is 0 Å². The van der Waals surface area contributed by atoms with Crippen LogP contribution in [0.2, 0.25) is 0 Å². The van der Waals surface area contributed by atoms with E-state index in [0.29, 0.717) is 17.4 Å². The normalized spacial score (nSPS) is 25.5. The molecule has 3 saturated heterocycles. The first-order valence-electron chi connectivity index (χ1n) is 8.37. The number of amides is 1. The predicted octanol–water partition coefficient (Wildman–Crippen LogP) is 2.17. The van der Waals surface area contributed by atoms with Gasteiger partial charge in [-0.15, -0.1) is 0 Å². The van der Waals surface area contributed by atoms with Gasteiger partial charge in [-0.1, -0.05) is 12.1 Å². The lowest BCUT2D eigenvalue weighted by atomic mass is 9.84. The van der Waals surface area contributed by atoms with Gasteiger partial charge >= 0.3 is 5.91 Å². The molecule has 5 rings (SSSR count). The summed E-state index contributed by atoms with van der Waals surface area (Å²) in [6, 6.07) is 7.72. The fourth-order valence-electron chi connectivity index (χ4n) is 3.71. The summed E-state index contributed by atoms with van der Waals surface area (Å²) in [7, 11) is 1.61. The first kappa shape index (κ1) is 15.2. The average Bonchev–Trinajstić information content (AvgIpc) is 3.13. The number of hydrogen-bond donors (Lipinski definition) is 1. The van der Waals surface area contributed by atoms with E-state index in [2.05, 4.69) is 15.2 Å². The second kappa shape index (κ2) is 6.28. The Hall–Kier alpha value is -2.34. The topological polar surface area (TPSA) is 67.6 Å². The molecular formula is C18H21N3O3. The molecule has 4 heterocycles. The molecule has 1 atom stereocenters. The molecule has 0 unspecified atom stereocenters. The van der Waals surface area contributed by atoms with Crippen LogP contribution in [0.1, 0.15) is 23.5 Å². The molecule has 6 heteroatoms. The zero-order valence-corrected chi connectivity index (χ0v) is 13.7. The molecule has 0 saturated carbocycles. The molecule has 2 aromatic rings. The number of piperidine rings is 3. The summed E-state index contributed by atoms with van der Waals surface area (Å²) in [5.74, 6) is 1.66. The number of nitrogens with zero attached hydrogens (tertiary/aromatic N) is 2. The minimum absolute atomic E-state index is 0.104. The van der Waals surface area contributed by atoms with Crippen LogP contribution in [0.25, 0.3) is 11.3 Å². The molecule has 126 valence electrons. The molecule has 3 aliphatic rings. The number of benzene rings is 1. The van der Waals surface area contributed by atoms with Crippen molar-refractivity contribution in [2.75, 3.05) is 26.7 Å². The van der Waals surface area contributed by atoms with Crippen molar-refractivity contribution in [2.24, 2.45) is 5.92 Å². The van der Waals surface area contributed by atoms with Crippen LogP contribution >= 0.6 is 0 Å². The van der Waals surface area contributed by atoms with E-state index in [1.54, 1.807) is 13.3 Å². The monoisotopic (exact) mass is 327 g/mol. The third-order valence-electron chi connectivity index (χ3n) is 5.05. The summed E-state index contributed by atoms with van der Waals surface area (Å²) < 4.78 is 11.0. The maximum Gasteiger partial charge on any atom is 0.307 e. The second-order valence-corrected chi connectivity index (χ2v) is 6.45. The number of aromatic nitrogens is 1. The van der Waals surface area contributed by atoms with Gasteiger partial charge in [0.05, 0.1) is 18.9 Å². The van der Waals surface area contributed by atoms with Crippen molar-refractivity contribution >= 4 is 5.91 Å². The van der Waals surface area contributed by atoms with E-state index >= 15 is 0 Å². The number of rotatable bonds is 4. The minimum Gasteiger partial charge on any atom is -0.496 e. The van der Waals surface area contributed by atoms with Crippen LogP contribution in [0, 0.1) is 5.92 Å². The third kappa shape index (κ3) is 2.78. The van der Waals surface area contributed by atoms with Crippen LogP contribution in [0.5, 0.6) is 5.75 Å². The Morgan fingerprint density at radius 2 is 2.12 bits per heavy atom. The highest BCUT2D eigenvalue weighted by Gasteiger charge is 2.35. The lowest BCUT2D eigenvalue weighted by Crippen LogP contribution is -2.57. The van der Waals surface area contributed by atoms with Crippen molar-refractivity contribution in [2.45, 2.75) is 18.9 Å². The molecule has 6 nitrogen and oxygen atoms in total. The molecule has 3 fully saturated rings. The Kier molecular flexibility index (Phi) is 3.98. The number of ether oxygens (including phenoxy) is 1. The summed E-state index contributed by atoms with van der Waals surface area (Å²) in [4.78, 5) is 19.0. The van der Waals surface area contributed by atoms with Gasteiger partial charge in [0.1, 0.15) is 5.75 Å². The molecular weight excluding hydrogens is 306 g/mol. The van der Waals surface area contributed by atoms with Crippen molar-refractivity contribution in [3.05, 3.63) is 36.4 Å². The van der Waals surface area contributed by atoms with Gasteiger partial charge in [-0.3, -0.25) is 4.79 Å². The highest BCUT2D eigenvalue weighted by molar-refractivity contribution is 5.90. The van der Waals surface area contributed by atoms with Gasteiger partial charge in [-0.05, 0) is 44.0 Å². The maximum atomic E-state index is 12.5. The van der Waals surface area contributed by atoms with Crippen LogP contribution in [0.15, 0.2) is 34.9 Å². The zero-order valence-electron chi connectivity index (χ0n) is 13.7. The molecule has 0 aliphatic carbocycles. The van der Waals surface area contributed by atoms with E-state index in [-0.39, 0.29) is 17.8 Å². The van der Waals surface area contributed by atoms with E-state index < -0.39 is 0 Å². The van der Waals surface area contributed by atoms with Crippen molar-refractivity contribution in [3.8, 4) is 17.1 Å². The number of fused-ring (bicyclic) bond motifs is 3. The number of carbonyl (C=O) groups excluding carboxylic acids is 1. The molecule has 0 radical (unpaired) electrons. The Morgan fingerprint density at radius 3 is 2.83 bits per heavy atom. The molecule has 3 aliphatic heterocycles. The number of carbonyl (C=O) groups is 1. The molecule has 0 spiro atoms. The molecule has 24 heavy (non-hydrogen) atoms. The smallest absolute Gasteiger partial charge is 0.307 e. The van der Waals surface area contributed by atoms with Crippen LogP contribution in [-0.2, 0) is 0 Å². The van der Waals surface area contributed by atoms with E-state index in [9.17, 15) is 4.79 Å². The third-order valence-corrected chi connectivity index (χ3v) is 5.05. The number of oxazole rings is 1. The van der Waals surface area contributed by atoms with Crippen molar-refractivity contribution < 1.29 is 13.9 Å². The lowest BCUT2D eigenvalue weighted by molar-refractivity contribution is 0.0602. The summed E-state index contributed by atoms with van der Waals surface area (Å²) in [6.45, 7) is 3.22. The van der Waals surface area contributed by atoms with Crippen molar-refractivity contribution in [1.82, 2.24) is 15.2 Å². The predicted molar refractivity (Wildman–Crippen MR) is 88.9 cm³/mol. The van der Waals surface area contributed by atoms with Crippen molar-refractivity contribution in [1.29, 1.82) is 0 Å². The first-order chi connectivity index (χ1) is 11.7. The SMILES string of the molecule is COc1ccccc1-c1cnc(C(=O)N[C@H]2CN3CCC2CC3)o1. The maximum absolute atomic E-state index is 12.5. The molecule has 1 N–H and O–H groups in total. The van der Waals surface area contributed by atoms with Gasteiger partial charge in [-0.2, -0.15) is 0 Å². The quantitative estimate of drug-likeness (QED) is 0.932. The highest BCUT2D eigenvalue weighted by atomic mass is 16.5. The summed E-state index contributed by atoms with van der Waals surface area (Å²) in [5.41, 5.74) is 0.786. The van der Waals surface area contributed by atoms with Gasteiger partial charge in [0.25, 0.3) is 5.89 Å². The summed E-state index contributed by atoms with van der Waals surface area (Å²) >= 11 is 0. The number of para-hydroxylation sites is 1. The van der Waals surface area contributed by atoms with Gasteiger partial charge in [0.15, 0.2) is 5.76 Å². The van der Waals surface area contributed by atoms with Gasteiger partial charge < -0.3 is 19.4 Å². The first-order valence-corrected chi connectivity index (χ1v) is 8.37. The molecule has 2 bridgehead atoms. The lowest BCUT2D eigenvalue weighted by Gasteiger charge is -2.44. The Labute approximate surface area is 140 Å². The molecule has 1 aromatic heterocycles. The van der Waals surface area contributed by atoms with E-state index in [0.717, 1.165) is 38.0 Å². The number of methoxy groups -OCH3 is 1. The molecule has 1 aromatic carbocycles. The van der Waals surface area contributed by atoms with Crippen LogP contribution in [0.3, 0.4) is 0 Å². The average molecular weight is 327 g/mol.